The summed E-state index contributed by atoms with van der Waals surface area (Å²) in [6.45, 7) is 3.03. The third-order valence-corrected chi connectivity index (χ3v) is 4.23. The highest BCUT2D eigenvalue weighted by molar-refractivity contribution is 7.10. The zero-order chi connectivity index (χ0) is 14.4. The van der Waals surface area contributed by atoms with Crippen LogP contribution in [0.3, 0.4) is 0 Å². The van der Waals surface area contributed by atoms with Gasteiger partial charge in [0.15, 0.2) is 0 Å². The molecule has 1 aromatic heterocycles. The molecule has 0 aliphatic carbocycles. The van der Waals surface area contributed by atoms with Gasteiger partial charge in [-0.15, -0.1) is 11.3 Å². The van der Waals surface area contributed by atoms with Gasteiger partial charge in [-0.25, -0.2) is 4.39 Å². The van der Waals surface area contributed by atoms with Crippen molar-refractivity contribution >= 4 is 11.3 Å². The second-order valence-corrected chi connectivity index (χ2v) is 5.60. The zero-order valence-corrected chi connectivity index (χ0v) is 12.7. The lowest BCUT2D eigenvalue weighted by Crippen LogP contribution is -2.24. The Hall–Kier alpha value is -1.39. The quantitative estimate of drug-likeness (QED) is 0.827. The van der Waals surface area contributed by atoms with E-state index in [0.29, 0.717) is 6.42 Å². The summed E-state index contributed by atoms with van der Waals surface area (Å²) in [5.74, 6) is 0.728. The van der Waals surface area contributed by atoms with Gasteiger partial charge < -0.3 is 10.1 Å². The van der Waals surface area contributed by atoms with E-state index >= 15 is 0 Å². The highest BCUT2D eigenvalue weighted by Gasteiger charge is 2.19. The highest BCUT2D eigenvalue weighted by Crippen LogP contribution is 2.33. The predicted octanol–water partition coefficient (Wildman–Crippen LogP) is 4.18. The highest BCUT2D eigenvalue weighted by atomic mass is 32.1. The minimum atomic E-state index is -0.147. The number of methoxy groups -OCH3 is 1. The van der Waals surface area contributed by atoms with Crippen LogP contribution in [0.4, 0.5) is 4.39 Å². The number of ether oxygens (including phenoxy) is 1. The molecule has 1 heterocycles. The summed E-state index contributed by atoms with van der Waals surface area (Å²) in [4.78, 5) is 1.13. The van der Waals surface area contributed by atoms with Crippen molar-refractivity contribution in [2.45, 2.75) is 25.8 Å². The van der Waals surface area contributed by atoms with Crippen LogP contribution in [0.1, 0.15) is 29.8 Å². The lowest BCUT2D eigenvalue weighted by atomic mass is 10.0. The minimum absolute atomic E-state index is 0.0850. The van der Waals surface area contributed by atoms with E-state index in [9.17, 15) is 4.39 Å². The maximum absolute atomic E-state index is 13.8. The summed E-state index contributed by atoms with van der Waals surface area (Å²) in [6.07, 6.45) is 1.67. The first kappa shape index (κ1) is 15.0. The summed E-state index contributed by atoms with van der Waals surface area (Å²) in [5, 5.41) is 5.50. The largest absolute Gasteiger partial charge is 0.496 e. The van der Waals surface area contributed by atoms with Crippen molar-refractivity contribution in [3.63, 3.8) is 0 Å². The summed E-state index contributed by atoms with van der Waals surface area (Å²) < 4.78 is 19.2. The number of hydrogen-bond donors (Lipinski definition) is 1. The second kappa shape index (κ2) is 7.41. The first-order chi connectivity index (χ1) is 9.76. The molecule has 1 unspecified atom stereocenters. The van der Waals surface area contributed by atoms with Crippen LogP contribution in [0.2, 0.25) is 0 Å². The van der Waals surface area contributed by atoms with Crippen molar-refractivity contribution in [1.82, 2.24) is 5.32 Å². The van der Waals surface area contributed by atoms with Crippen LogP contribution in [0.25, 0.3) is 0 Å². The first-order valence-electron chi connectivity index (χ1n) is 6.84. The van der Waals surface area contributed by atoms with E-state index < -0.39 is 0 Å². The normalized spacial score (nSPS) is 12.3. The molecule has 108 valence electrons. The third-order valence-electron chi connectivity index (χ3n) is 3.22. The maximum atomic E-state index is 13.8. The Labute approximate surface area is 123 Å². The topological polar surface area (TPSA) is 21.3 Å². The molecular weight excluding hydrogens is 273 g/mol. The van der Waals surface area contributed by atoms with Crippen LogP contribution in [0.15, 0.2) is 35.7 Å². The lowest BCUT2D eigenvalue weighted by Gasteiger charge is -2.19. The van der Waals surface area contributed by atoms with E-state index in [1.54, 1.807) is 24.5 Å². The molecule has 0 spiro atoms. The van der Waals surface area contributed by atoms with E-state index in [4.69, 9.17) is 4.74 Å². The van der Waals surface area contributed by atoms with Gasteiger partial charge in [0.05, 0.1) is 12.0 Å². The van der Waals surface area contributed by atoms with Crippen LogP contribution in [0, 0.1) is 5.82 Å². The number of nitrogens with one attached hydrogen (secondary N) is 1. The number of rotatable bonds is 7. The smallest absolute Gasteiger partial charge is 0.134 e. The van der Waals surface area contributed by atoms with Gasteiger partial charge in [0.1, 0.15) is 11.6 Å². The van der Waals surface area contributed by atoms with E-state index in [2.05, 4.69) is 12.2 Å². The van der Waals surface area contributed by atoms with Gasteiger partial charge in [0.25, 0.3) is 0 Å². The maximum Gasteiger partial charge on any atom is 0.134 e. The summed E-state index contributed by atoms with van der Waals surface area (Å²) in [5.41, 5.74) is 0.733. The van der Waals surface area contributed by atoms with Crippen molar-refractivity contribution in [2.75, 3.05) is 13.7 Å². The van der Waals surface area contributed by atoms with Crippen molar-refractivity contribution < 1.29 is 9.13 Å². The van der Waals surface area contributed by atoms with Gasteiger partial charge in [0.2, 0.25) is 0 Å². The first-order valence-corrected chi connectivity index (χ1v) is 7.72. The van der Waals surface area contributed by atoms with E-state index in [1.165, 1.54) is 6.07 Å². The molecule has 0 saturated heterocycles. The molecule has 4 heteroatoms. The lowest BCUT2D eigenvalue weighted by molar-refractivity contribution is 0.402. The van der Waals surface area contributed by atoms with E-state index in [-0.39, 0.29) is 11.9 Å². The zero-order valence-electron chi connectivity index (χ0n) is 11.9. The Kier molecular flexibility index (Phi) is 5.56. The van der Waals surface area contributed by atoms with Gasteiger partial charge in [-0.3, -0.25) is 0 Å². The molecule has 2 aromatic rings. The molecule has 20 heavy (non-hydrogen) atoms. The fraction of sp³-hybridized carbons (Fsp3) is 0.375. The number of benzene rings is 1. The van der Waals surface area contributed by atoms with Crippen LogP contribution in [-0.4, -0.2) is 13.7 Å². The number of hydrogen-bond acceptors (Lipinski definition) is 3. The molecule has 0 amide bonds. The van der Waals surface area contributed by atoms with Gasteiger partial charge in [-0.05, 0) is 42.5 Å². The van der Waals surface area contributed by atoms with Crippen molar-refractivity contribution in [3.05, 3.63) is 52.0 Å². The Morgan fingerprint density at radius 3 is 2.80 bits per heavy atom. The Morgan fingerprint density at radius 2 is 2.10 bits per heavy atom. The second-order valence-electron chi connectivity index (χ2n) is 4.66. The van der Waals surface area contributed by atoms with Crippen molar-refractivity contribution in [2.24, 2.45) is 0 Å². The monoisotopic (exact) mass is 293 g/mol. The average molecular weight is 293 g/mol. The predicted molar refractivity (Wildman–Crippen MR) is 82.0 cm³/mol. The Morgan fingerprint density at radius 1 is 1.30 bits per heavy atom. The number of halogens is 1. The van der Waals surface area contributed by atoms with Crippen LogP contribution in [-0.2, 0) is 6.42 Å². The minimum Gasteiger partial charge on any atom is -0.496 e. The average Bonchev–Trinajstić information content (AvgIpc) is 2.93. The third kappa shape index (κ3) is 3.58. The van der Waals surface area contributed by atoms with Gasteiger partial charge in [-0.1, -0.05) is 25.1 Å². The van der Waals surface area contributed by atoms with Crippen LogP contribution < -0.4 is 10.1 Å². The molecule has 0 fully saturated rings. The standard InChI is InChI=1S/C16H20FNOS/c1-3-9-18-14(16-15(19-2)8-10-20-16)11-12-6-4-5-7-13(12)17/h4-8,10,14,18H,3,9,11H2,1-2H3. The molecule has 1 aromatic carbocycles. The fourth-order valence-corrected chi connectivity index (χ4v) is 3.13. The van der Waals surface area contributed by atoms with Gasteiger partial charge in [0, 0.05) is 6.04 Å². The van der Waals surface area contributed by atoms with Crippen LogP contribution in [0.5, 0.6) is 5.75 Å². The fourth-order valence-electron chi connectivity index (χ4n) is 2.19. The molecular formula is C16H20FNOS. The molecule has 2 rings (SSSR count). The molecule has 0 aliphatic heterocycles. The summed E-state index contributed by atoms with van der Waals surface area (Å²) >= 11 is 1.65. The number of thiophene rings is 1. The molecule has 2 nitrogen and oxygen atoms in total. The van der Waals surface area contributed by atoms with E-state index in [0.717, 1.165) is 29.2 Å². The van der Waals surface area contributed by atoms with E-state index in [1.807, 2.05) is 23.6 Å². The Bertz CT molecular complexity index is 541. The Balaban J connectivity index is 2.22. The molecule has 0 bridgehead atoms. The molecule has 1 N–H and O–H groups in total. The molecule has 1 atom stereocenters. The molecule has 0 saturated carbocycles. The summed E-state index contributed by atoms with van der Waals surface area (Å²) in [6, 6.07) is 9.00. The van der Waals surface area contributed by atoms with Gasteiger partial charge >= 0.3 is 0 Å². The van der Waals surface area contributed by atoms with Gasteiger partial charge in [-0.2, -0.15) is 0 Å². The molecule has 0 aliphatic rings. The molecule has 0 radical (unpaired) electrons. The van der Waals surface area contributed by atoms with Crippen molar-refractivity contribution in [1.29, 1.82) is 0 Å². The SMILES string of the molecule is CCCNC(Cc1ccccc1F)c1sccc1OC. The van der Waals surface area contributed by atoms with Crippen LogP contribution >= 0.6 is 11.3 Å². The summed E-state index contributed by atoms with van der Waals surface area (Å²) in [7, 11) is 1.67. The van der Waals surface area contributed by atoms with Crippen molar-refractivity contribution in [3.8, 4) is 5.75 Å².